The van der Waals surface area contributed by atoms with E-state index >= 15 is 0 Å². The molecule has 4 rings (SSSR count). The van der Waals surface area contributed by atoms with Gasteiger partial charge in [0.1, 0.15) is 17.3 Å². The molecule has 0 aromatic heterocycles. The van der Waals surface area contributed by atoms with Crippen molar-refractivity contribution in [3.05, 3.63) is 47.8 Å². The number of nitrogens with zero attached hydrogens (tertiary/aromatic N) is 1. The monoisotopic (exact) mass is 303 g/mol. The maximum atomic E-state index is 13.8. The summed E-state index contributed by atoms with van der Waals surface area (Å²) in [6.07, 6.45) is 2.97. The Hall–Kier alpha value is -2.21. The number of amides is 1. The minimum absolute atomic E-state index is 0.123. The molecule has 0 saturated carbocycles. The van der Waals surface area contributed by atoms with Crippen molar-refractivity contribution < 1.29 is 23.8 Å². The van der Waals surface area contributed by atoms with E-state index < -0.39 is 29.5 Å². The summed E-state index contributed by atoms with van der Waals surface area (Å²) in [7, 11) is 0. The van der Waals surface area contributed by atoms with Crippen LogP contribution in [0.25, 0.3) is 0 Å². The van der Waals surface area contributed by atoms with E-state index in [9.17, 15) is 19.1 Å². The molecule has 4 atom stereocenters. The fourth-order valence-corrected chi connectivity index (χ4v) is 3.83. The Morgan fingerprint density at radius 2 is 2.23 bits per heavy atom. The van der Waals surface area contributed by atoms with Gasteiger partial charge in [-0.25, -0.2) is 4.39 Å². The first-order valence-electron chi connectivity index (χ1n) is 7.14. The molecular weight excluding hydrogens is 289 g/mol. The van der Waals surface area contributed by atoms with Crippen LogP contribution in [-0.4, -0.2) is 40.1 Å². The lowest BCUT2D eigenvalue weighted by molar-refractivity contribution is -0.148. The van der Waals surface area contributed by atoms with E-state index in [1.54, 1.807) is 30.4 Å². The van der Waals surface area contributed by atoms with Gasteiger partial charge in [-0.2, -0.15) is 0 Å². The first-order valence-corrected chi connectivity index (χ1v) is 7.14. The molecule has 1 aromatic carbocycles. The second-order valence-electron chi connectivity index (χ2n) is 6.02. The first kappa shape index (κ1) is 13.5. The van der Waals surface area contributed by atoms with Crippen LogP contribution in [0, 0.1) is 17.7 Å². The van der Waals surface area contributed by atoms with Crippen LogP contribution >= 0.6 is 0 Å². The summed E-state index contributed by atoms with van der Waals surface area (Å²) >= 11 is 0. The van der Waals surface area contributed by atoms with Crippen molar-refractivity contribution in [1.29, 1.82) is 0 Å². The third-order valence-corrected chi connectivity index (χ3v) is 4.78. The van der Waals surface area contributed by atoms with Crippen LogP contribution in [0.2, 0.25) is 0 Å². The Balaban J connectivity index is 1.64. The van der Waals surface area contributed by atoms with E-state index in [2.05, 4.69) is 0 Å². The molecule has 2 bridgehead atoms. The molecule has 1 aromatic rings. The Kier molecular flexibility index (Phi) is 2.69. The van der Waals surface area contributed by atoms with E-state index in [0.29, 0.717) is 5.56 Å². The van der Waals surface area contributed by atoms with Crippen LogP contribution in [0.5, 0.6) is 0 Å². The predicted molar refractivity (Wildman–Crippen MR) is 73.2 cm³/mol. The van der Waals surface area contributed by atoms with E-state index in [1.807, 2.05) is 0 Å². The normalized spacial score (nSPS) is 35.2. The number of hydrogen-bond donors (Lipinski definition) is 1. The first-order chi connectivity index (χ1) is 10.5. The molecule has 0 aliphatic carbocycles. The molecule has 0 unspecified atom stereocenters. The molecule has 6 heteroatoms. The molecule has 22 heavy (non-hydrogen) atoms. The number of carboxylic acid groups (broad SMARTS) is 1. The van der Waals surface area contributed by atoms with E-state index in [-0.39, 0.29) is 24.8 Å². The molecule has 1 spiro atoms. The number of rotatable bonds is 3. The molecule has 0 radical (unpaired) electrons. The highest BCUT2D eigenvalue weighted by atomic mass is 19.1. The Morgan fingerprint density at radius 1 is 1.45 bits per heavy atom. The Morgan fingerprint density at radius 3 is 2.95 bits per heavy atom. The number of carbonyl (C=O) groups is 2. The van der Waals surface area contributed by atoms with E-state index in [1.165, 1.54) is 11.0 Å². The minimum Gasteiger partial charge on any atom is -0.481 e. The summed E-state index contributed by atoms with van der Waals surface area (Å²) in [5.74, 6) is -3.25. The van der Waals surface area contributed by atoms with Gasteiger partial charge >= 0.3 is 5.97 Å². The molecule has 1 amide bonds. The van der Waals surface area contributed by atoms with Gasteiger partial charge in [0.2, 0.25) is 5.91 Å². The number of aliphatic carboxylic acids is 1. The van der Waals surface area contributed by atoms with Crippen LogP contribution in [-0.2, 0) is 20.9 Å². The van der Waals surface area contributed by atoms with Gasteiger partial charge in [-0.05, 0) is 6.07 Å². The van der Waals surface area contributed by atoms with Crippen molar-refractivity contribution in [3.8, 4) is 0 Å². The highest BCUT2D eigenvalue weighted by Crippen LogP contribution is 2.52. The smallest absolute Gasteiger partial charge is 0.310 e. The second-order valence-corrected chi connectivity index (χ2v) is 6.02. The van der Waals surface area contributed by atoms with Crippen LogP contribution in [0.3, 0.4) is 0 Å². The maximum Gasteiger partial charge on any atom is 0.310 e. The van der Waals surface area contributed by atoms with Crippen LogP contribution < -0.4 is 0 Å². The van der Waals surface area contributed by atoms with Gasteiger partial charge in [0.25, 0.3) is 0 Å². The molecule has 114 valence electrons. The molecule has 2 saturated heterocycles. The molecule has 2 fully saturated rings. The number of hydrogen-bond acceptors (Lipinski definition) is 3. The van der Waals surface area contributed by atoms with Crippen molar-refractivity contribution in [2.24, 2.45) is 11.8 Å². The molecule has 3 aliphatic rings. The SMILES string of the molecule is O=C(O)[C@H]1[C@H]2C=C[C@]3(CN(Cc4ccccc4F)C(=O)[C@@H]13)O2. The average molecular weight is 303 g/mol. The zero-order valence-corrected chi connectivity index (χ0v) is 11.6. The molecular formula is C16H14FNO4. The van der Waals surface area contributed by atoms with Gasteiger partial charge in [-0.1, -0.05) is 30.4 Å². The summed E-state index contributed by atoms with van der Waals surface area (Å²) in [6.45, 7) is 0.388. The number of halogens is 1. The van der Waals surface area contributed by atoms with Gasteiger partial charge in [-0.15, -0.1) is 0 Å². The number of benzene rings is 1. The summed E-state index contributed by atoms with van der Waals surface area (Å²) in [5, 5.41) is 9.37. The van der Waals surface area contributed by atoms with E-state index in [4.69, 9.17) is 4.74 Å². The van der Waals surface area contributed by atoms with Crippen molar-refractivity contribution in [2.75, 3.05) is 6.54 Å². The third-order valence-electron chi connectivity index (χ3n) is 4.78. The standard InChI is InChI=1S/C16H14FNO4/c17-10-4-2-1-3-9(10)7-18-8-16-6-5-11(22-16)12(15(20)21)13(16)14(18)19/h1-6,11-13H,7-8H2,(H,20,21)/t11-,12+,13-,16-/m1/s1. The van der Waals surface area contributed by atoms with Crippen LogP contribution in [0.15, 0.2) is 36.4 Å². The molecule has 1 N–H and O–H groups in total. The molecule has 3 aliphatic heterocycles. The van der Waals surface area contributed by atoms with Crippen molar-refractivity contribution in [1.82, 2.24) is 4.90 Å². The number of ether oxygens (including phenoxy) is 1. The Bertz CT molecular complexity index is 703. The van der Waals surface area contributed by atoms with Crippen LogP contribution in [0.4, 0.5) is 4.39 Å². The Labute approximate surface area is 126 Å². The number of fused-ring (bicyclic) bond motifs is 1. The highest BCUT2D eigenvalue weighted by molar-refractivity contribution is 5.90. The van der Waals surface area contributed by atoms with Gasteiger partial charge < -0.3 is 14.7 Å². The minimum atomic E-state index is -1.03. The number of carbonyl (C=O) groups excluding carboxylic acids is 1. The highest BCUT2D eigenvalue weighted by Gasteiger charge is 2.66. The van der Waals surface area contributed by atoms with Gasteiger partial charge in [0, 0.05) is 12.1 Å². The lowest BCUT2D eigenvalue weighted by Crippen LogP contribution is -2.39. The zero-order valence-electron chi connectivity index (χ0n) is 11.6. The van der Waals surface area contributed by atoms with Gasteiger partial charge in [0.05, 0.1) is 18.6 Å². The fourth-order valence-electron chi connectivity index (χ4n) is 3.83. The third kappa shape index (κ3) is 1.67. The quantitative estimate of drug-likeness (QED) is 0.852. The topological polar surface area (TPSA) is 66.8 Å². The summed E-state index contributed by atoms with van der Waals surface area (Å²) < 4.78 is 19.6. The van der Waals surface area contributed by atoms with Crippen molar-refractivity contribution >= 4 is 11.9 Å². The predicted octanol–water partition coefficient (Wildman–Crippen LogP) is 1.19. The van der Waals surface area contributed by atoms with Gasteiger partial charge in [-0.3, -0.25) is 9.59 Å². The fraction of sp³-hybridized carbons (Fsp3) is 0.375. The second kappa shape index (κ2) is 4.39. The van der Waals surface area contributed by atoms with Crippen molar-refractivity contribution in [2.45, 2.75) is 18.2 Å². The number of likely N-dealkylation sites (tertiary alicyclic amines) is 1. The lowest BCUT2D eigenvalue weighted by atomic mass is 9.77. The molecule has 5 nitrogen and oxygen atoms in total. The maximum absolute atomic E-state index is 13.8. The summed E-state index contributed by atoms with van der Waals surface area (Å²) in [4.78, 5) is 25.6. The van der Waals surface area contributed by atoms with Crippen LogP contribution in [0.1, 0.15) is 5.56 Å². The summed E-state index contributed by atoms with van der Waals surface area (Å²) in [6, 6.07) is 6.26. The van der Waals surface area contributed by atoms with Crippen molar-refractivity contribution in [3.63, 3.8) is 0 Å². The summed E-state index contributed by atoms with van der Waals surface area (Å²) in [5.41, 5.74) is -0.451. The lowest BCUT2D eigenvalue weighted by Gasteiger charge is -2.21. The average Bonchev–Trinajstić information content (AvgIpc) is 3.10. The van der Waals surface area contributed by atoms with Gasteiger partial charge in [0.15, 0.2) is 0 Å². The largest absolute Gasteiger partial charge is 0.481 e. The zero-order chi connectivity index (χ0) is 15.5. The molecule has 3 heterocycles. The number of carboxylic acids is 1. The van der Waals surface area contributed by atoms with E-state index in [0.717, 1.165) is 0 Å².